The predicted molar refractivity (Wildman–Crippen MR) is 58.3 cm³/mol. The van der Waals surface area contributed by atoms with Crippen molar-refractivity contribution in [1.29, 1.82) is 0 Å². The molecule has 0 saturated carbocycles. The third-order valence-electron chi connectivity index (χ3n) is 2.01. The lowest BCUT2D eigenvalue weighted by molar-refractivity contribution is 0.779. The number of rotatable bonds is 4. The molecule has 0 fully saturated rings. The monoisotopic (exact) mass is 199 g/mol. The van der Waals surface area contributed by atoms with E-state index in [9.17, 15) is 0 Å². The van der Waals surface area contributed by atoms with E-state index in [0.717, 1.165) is 23.9 Å². The van der Waals surface area contributed by atoms with Gasteiger partial charge < -0.3 is 10.6 Å². The molecule has 1 unspecified atom stereocenters. The summed E-state index contributed by atoms with van der Waals surface area (Å²) >= 11 is 1.67. The molecule has 1 aromatic heterocycles. The van der Waals surface area contributed by atoms with Crippen molar-refractivity contribution in [3.8, 4) is 0 Å². The zero-order valence-electron chi connectivity index (χ0n) is 8.45. The molecule has 0 spiro atoms. The molecular weight excluding hydrogens is 182 g/mol. The molecule has 2 N–H and O–H groups in total. The van der Waals surface area contributed by atoms with Gasteiger partial charge in [0.1, 0.15) is 0 Å². The minimum atomic E-state index is 0.0422. The summed E-state index contributed by atoms with van der Waals surface area (Å²) in [4.78, 5) is 6.70. The smallest absolute Gasteiger partial charge is 0.185 e. The lowest BCUT2D eigenvalue weighted by atomic mass is 10.3. The van der Waals surface area contributed by atoms with Crippen molar-refractivity contribution >= 4 is 16.5 Å². The first-order valence-electron chi connectivity index (χ1n) is 4.65. The van der Waals surface area contributed by atoms with Crippen LogP contribution in [0.5, 0.6) is 0 Å². The highest BCUT2D eigenvalue weighted by Gasteiger charge is 2.09. The Kier molecular flexibility index (Phi) is 3.69. The molecule has 0 aromatic carbocycles. The molecule has 1 heterocycles. The van der Waals surface area contributed by atoms with E-state index in [2.05, 4.69) is 23.7 Å². The van der Waals surface area contributed by atoms with Crippen LogP contribution in [0.15, 0.2) is 5.38 Å². The molecule has 4 heteroatoms. The molecule has 0 amide bonds. The van der Waals surface area contributed by atoms with E-state index in [0.29, 0.717) is 0 Å². The molecule has 0 aliphatic rings. The van der Waals surface area contributed by atoms with Crippen LogP contribution < -0.4 is 10.6 Å². The van der Waals surface area contributed by atoms with Crippen LogP contribution in [0, 0.1) is 0 Å². The van der Waals surface area contributed by atoms with Crippen molar-refractivity contribution in [3.63, 3.8) is 0 Å². The SMILES string of the molecule is CCN(CC)c1nc(C(C)N)cs1. The van der Waals surface area contributed by atoms with Crippen molar-refractivity contribution in [3.05, 3.63) is 11.1 Å². The van der Waals surface area contributed by atoms with Gasteiger partial charge in [-0.3, -0.25) is 0 Å². The van der Waals surface area contributed by atoms with Gasteiger partial charge >= 0.3 is 0 Å². The van der Waals surface area contributed by atoms with Crippen LogP contribution in [0.4, 0.5) is 5.13 Å². The summed E-state index contributed by atoms with van der Waals surface area (Å²) in [6.07, 6.45) is 0. The van der Waals surface area contributed by atoms with E-state index in [1.807, 2.05) is 12.3 Å². The summed E-state index contributed by atoms with van der Waals surface area (Å²) in [6, 6.07) is 0.0422. The molecule has 0 radical (unpaired) electrons. The van der Waals surface area contributed by atoms with Crippen LogP contribution >= 0.6 is 11.3 Å². The fraction of sp³-hybridized carbons (Fsp3) is 0.667. The summed E-state index contributed by atoms with van der Waals surface area (Å²) in [5.74, 6) is 0. The minimum absolute atomic E-state index is 0.0422. The van der Waals surface area contributed by atoms with Gasteiger partial charge in [0.25, 0.3) is 0 Å². The first-order valence-corrected chi connectivity index (χ1v) is 5.53. The number of hydrogen-bond donors (Lipinski definition) is 1. The first kappa shape index (κ1) is 10.5. The van der Waals surface area contributed by atoms with Gasteiger partial charge in [-0.25, -0.2) is 4.98 Å². The van der Waals surface area contributed by atoms with Crippen molar-refractivity contribution in [2.45, 2.75) is 26.8 Å². The lowest BCUT2D eigenvalue weighted by Gasteiger charge is -2.16. The first-order chi connectivity index (χ1) is 6.19. The van der Waals surface area contributed by atoms with Crippen LogP contribution in [0.25, 0.3) is 0 Å². The average molecular weight is 199 g/mol. The molecule has 1 rings (SSSR count). The second kappa shape index (κ2) is 4.58. The van der Waals surface area contributed by atoms with Crippen LogP contribution in [-0.4, -0.2) is 18.1 Å². The van der Waals surface area contributed by atoms with E-state index in [-0.39, 0.29) is 6.04 Å². The summed E-state index contributed by atoms with van der Waals surface area (Å²) in [7, 11) is 0. The normalized spacial score (nSPS) is 12.9. The zero-order valence-corrected chi connectivity index (χ0v) is 9.27. The van der Waals surface area contributed by atoms with Crippen LogP contribution in [0.3, 0.4) is 0 Å². The molecule has 13 heavy (non-hydrogen) atoms. The Bertz CT molecular complexity index is 253. The van der Waals surface area contributed by atoms with Gasteiger partial charge in [-0.05, 0) is 20.8 Å². The molecule has 74 valence electrons. The molecule has 0 aliphatic heterocycles. The molecule has 1 aromatic rings. The van der Waals surface area contributed by atoms with E-state index < -0.39 is 0 Å². The van der Waals surface area contributed by atoms with E-state index in [4.69, 9.17) is 5.73 Å². The number of hydrogen-bond acceptors (Lipinski definition) is 4. The maximum absolute atomic E-state index is 5.74. The van der Waals surface area contributed by atoms with Gasteiger partial charge in [-0.1, -0.05) is 0 Å². The zero-order chi connectivity index (χ0) is 9.84. The van der Waals surface area contributed by atoms with Gasteiger partial charge in [0, 0.05) is 24.5 Å². The second-order valence-corrected chi connectivity index (χ2v) is 3.85. The topological polar surface area (TPSA) is 42.2 Å². The van der Waals surface area contributed by atoms with Crippen molar-refractivity contribution in [2.24, 2.45) is 5.73 Å². The summed E-state index contributed by atoms with van der Waals surface area (Å²) in [5.41, 5.74) is 6.73. The molecule has 0 bridgehead atoms. The van der Waals surface area contributed by atoms with E-state index >= 15 is 0 Å². The molecule has 0 aliphatic carbocycles. The van der Waals surface area contributed by atoms with Gasteiger partial charge in [0.05, 0.1) is 5.69 Å². The summed E-state index contributed by atoms with van der Waals surface area (Å²) < 4.78 is 0. The minimum Gasteiger partial charge on any atom is -0.349 e. The Morgan fingerprint density at radius 2 is 2.15 bits per heavy atom. The molecule has 3 nitrogen and oxygen atoms in total. The lowest BCUT2D eigenvalue weighted by Crippen LogP contribution is -2.21. The number of aromatic nitrogens is 1. The van der Waals surface area contributed by atoms with Gasteiger partial charge in [-0.15, -0.1) is 11.3 Å². The van der Waals surface area contributed by atoms with E-state index in [1.54, 1.807) is 11.3 Å². The Balaban J connectivity index is 2.78. The van der Waals surface area contributed by atoms with Crippen LogP contribution in [0.2, 0.25) is 0 Å². The summed E-state index contributed by atoms with van der Waals surface area (Å²) in [6.45, 7) is 8.23. The van der Waals surface area contributed by atoms with Gasteiger partial charge in [-0.2, -0.15) is 0 Å². The number of thiazole rings is 1. The Morgan fingerprint density at radius 3 is 2.54 bits per heavy atom. The van der Waals surface area contributed by atoms with Crippen molar-refractivity contribution < 1.29 is 0 Å². The van der Waals surface area contributed by atoms with Gasteiger partial charge in [0.15, 0.2) is 5.13 Å². The van der Waals surface area contributed by atoms with Crippen molar-refractivity contribution in [2.75, 3.05) is 18.0 Å². The predicted octanol–water partition coefficient (Wildman–Crippen LogP) is 2.01. The fourth-order valence-electron chi connectivity index (χ4n) is 1.12. The number of nitrogens with two attached hydrogens (primary N) is 1. The standard InChI is InChI=1S/C9H17N3S/c1-4-12(5-2)9-11-8(6-13-9)7(3)10/h6-7H,4-5,10H2,1-3H3. The third kappa shape index (κ3) is 2.42. The molecule has 0 saturated heterocycles. The quantitative estimate of drug-likeness (QED) is 0.806. The summed E-state index contributed by atoms with van der Waals surface area (Å²) in [5, 5.41) is 3.12. The maximum Gasteiger partial charge on any atom is 0.185 e. The van der Waals surface area contributed by atoms with Crippen LogP contribution in [0.1, 0.15) is 32.5 Å². The average Bonchev–Trinajstić information content (AvgIpc) is 2.56. The second-order valence-electron chi connectivity index (χ2n) is 3.02. The Morgan fingerprint density at radius 1 is 1.54 bits per heavy atom. The number of nitrogens with zero attached hydrogens (tertiary/aromatic N) is 2. The fourth-order valence-corrected chi connectivity index (χ4v) is 2.18. The Hall–Kier alpha value is -0.610. The molecular formula is C9H17N3S. The molecule has 1 atom stereocenters. The maximum atomic E-state index is 5.74. The number of anilines is 1. The van der Waals surface area contributed by atoms with E-state index in [1.165, 1.54) is 0 Å². The highest BCUT2D eigenvalue weighted by atomic mass is 32.1. The highest BCUT2D eigenvalue weighted by molar-refractivity contribution is 7.13. The van der Waals surface area contributed by atoms with Crippen molar-refractivity contribution in [1.82, 2.24) is 4.98 Å². The van der Waals surface area contributed by atoms with Crippen LogP contribution in [-0.2, 0) is 0 Å². The largest absolute Gasteiger partial charge is 0.349 e. The van der Waals surface area contributed by atoms with Gasteiger partial charge in [0.2, 0.25) is 0 Å². The third-order valence-corrected chi connectivity index (χ3v) is 2.93. The highest BCUT2D eigenvalue weighted by Crippen LogP contribution is 2.22. The Labute approximate surface area is 83.6 Å².